The predicted octanol–water partition coefficient (Wildman–Crippen LogP) is 1.92. The van der Waals surface area contributed by atoms with Crippen molar-refractivity contribution in [2.75, 3.05) is 0 Å². The summed E-state index contributed by atoms with van der Waals surface area (Å²) in [7, 11) is 0. The van der Waals surface area contributed by atoms with Crippen LogP contribution < -0.4 is 5.73 Å². The van der Waals surface area contributed by atoms with Gasteiger partial charge in [-0.25, -0.2) is 9.50 Å². The van der Waals surface area contributed by atoms with Gasteiger partial charge in [0.2, 0.25) is 0 Å². The van der Waals surface area contributed by atoms with E-state index in [1.54, 1.807) is 0 Å². The zero-order valence-corrected chi connectivity index (χ0v) is 11.8. The second-order valence-corrected chi connectivity index (χ2v) is 5.08. The van der Waals surface area contributed by atoms with Crippen LogP contribution in [0.15, 0.2) is 24.3 Å². The maximum Gasteiger partial charge on any atom is 0.251 e. The van der Waals surface area contributed by atoms with Gasteiger partial charge in [0.15, 0.2) is 0 Å². The number of nitrogens with zero attached hydrogens (tertiary/aromatic N) is 3. The minimum absolute atomic E-state index is 0.465. The number of benzene rings is 1. The molecule has 0 bridgehead atoms. The van der Waals surface area contributed by atoms with Crippen LogP contribution in [0, 0.1) is 13.8 Å². The molecule has 3 N–H and O–H groups in total. The molecular formula is C15H19N5. The van der Waals surface area contributed by atoms with Crippen molar-refractivity contribution in [3.8, 4) is 0 Å². The highest BCUT2D eigenvalue weighted by Gasteiger charge is 2.11. The SMILES string of the molecule is Cc1ccccc1CCc1nc2nc(C)c(CN)n2[nH]1. The van der Waals surface area contributed by atoms with E-state index in [-0.39, 0.29) is 0 Å². The quantitative estimate of drug-likeness (QED) is 0.760. The van der Waals surface area contributed by atoms with Gasteiger partial charge >= 0.3 is 0 Å². The van der Waals surface area contributed by atoms with Gasteiger partial charge in [0.25, 0.3) is 5.78 Å². The van der Waals surface area contributed by atoms with E-state index in [4.69, 9.17) is 5.73 Å². The number of rotatable bonds is 4. The summed E-state index contributed by atoms with van der Waals surface area (Å²) in [4.78, 5) is 8.95. The molecule has 0 aliphatic carbocycles. The Morgan fingerprint density at radius 3 is 2.70 bits per heavy atom. The third kappa shape index (κ3) is 2.20. The van der Waals surface area contributed by atoms with Crippen LogP contribution in [0.3, 0.4) is 0 Å². The zero-order valence-electron chi connectivity index (χ0n) is 11.8. The maximum absolute atomic E-state index is 5.75. The first-order valence-electron chi connectivity index (χ1n) is 6.86. The van der Waals surface area contributed by atoms with Crippen LogP contribution in [-0.2, 0) is 19.4 Å². The Morgan fingerprint density at radius 2 is 1.95 bits per heavy atom. The topological polar surface area (TPSA) is 72.0 Å². The molecule has 3 aromatic rings. The number of nitrogens with two attached hydrogens (primary N) is 1. The molecule has 0 saturated carbocycles. The van der Waals surface area contributed by atoms with Crippen molar-refractivity contribution in [3.05, 3.63) is 52.6 Å². The van der Waals surface area contributed by atoms with Crippen molar-refractivity contribution in [2.24, 2.45) is 5.73 Å². The van der Waals surface area contributed by atoms with Crippen molar-refractivity contribution < 1.29 is 0 Å². The third-order valence-electron chi connectivity index (χ3n) is 3.72. The molecule has 0 aliphatic heterocycles. The van der Waals surface area contributed by atoms with Crippen molar-refractivity contribution in [3.63, 3.8) is 0 Å². The number of aromatic amines is 1. The molecule has 3 rings (SSSR count). The number of hydrogen-bond acceptors (Lipinski definition) is 3. The summed E-state index contributed by atoms with van der Waals surface area (Å²) in [6.45, 7) is 4.56. The standard InChI is InChI=1S/C15H19N5/c1-10-5-3-4-6-12(10)7-8-14-18-15-17-11(2)13(9-16)20(15)19-14/h3-6H,7-9,16H2,1-2H3,(H,17,18,19). The van der Waals surface area contributed by atoms with E-state index >= 15 is 0 Å². The Bertz CT molecular complexity index is 738. The second-order valence-electron chi connectivity index (χ2n) is 5.08. The summed E-state index contributed by atoms with van der Waals surface area (Å²) < 4.78 is 1.89. The maximum atomic E-state index is 5.75. The number of aromatic nitrogens is 4. The van der Waals surface area contributed by atoms with E-state index in [1.807, 2.05) is 11.4 Å². The van der Waals surface area contributed by atoms with Crippen LogP contribution >= 0.6 is 0 Å². The van der Waals surface area contributed by atoms with Gasteiger partial charge in [0, 0.05) is 13.0 Å². The average Bonchev–Trinajstić information content (AvgIpc) is 2.93. The van der Waals surface area contributed by atoms with Crippen LogP contribution in [0.5, 0.6) is 0 Å². The van der Waals surface area contributed by atoms with Gasteiger partial charge in [-0.2, -0.15) is 4.98 Å². The number of hydrogen-bond donors (Lipinski definition) is 2. The molecule has 0 unspecified atom stereocenters. The summed E-state index contributed by atoms with van der Waals surface area (Å²) in [5, 5.41) is 3.29. The molecule has 0 amide bonds. The minimum atomic E-state index is 0.465. The molecule has 1 aromatic carbocycles. The first-order valence-corrected chi connectivity index (χ1v) is 6.86. The van der Waals surface area contributed by atoms with Gasteiger partial charge in [-0.1, -0.05) is 24.3 Å². The van der Waals surface area contributed by atoms with Gasteiger partial charge in [-0.3, -0.25) is 5.10 Å². The van der Waals surface area contributed by atoms with Crippen LogP contribution in [0.25, 0.3) is 5.78 Å². The van der Waals surface area contributed by atoms with E-state index in [1.165, 1.54) is 11.1 Å². The molecule has 0 aliphatic rings. The average molecular weight is 269 g/mol. The number of H-pyrrole nitrogens is 1. The fourth-order valence-electron chi connectivity index (χ4n) is 2.51. The normalized spacial score (nSPS) is 11.3. The van der Waals surface area contributed by atoms with Crippen LogP contribution in [0.4, 0.5) is 0 Å². The summed E-state index contributed by atoms with van der Waals surface area (Å²) >= 11 is 0. The first-order chi connectivity index (χ1) is 9.69. The van der Waals surface area contributed by atoms with Gasteiger partial charge in [-0.15, -0.1) is 0 Å². The highest BCUT2D eigenvalue weighted by molar-refractivity contribution is 5.34. The van der Waals surface area contributed by atoms with Gasteiger partial charge in [0.05, 0.1) is 11.4 Å². The Hall–Kier alpha value is -2.14. The lowest BCUT2D eigenvalue weighted by molar-refractivity contribution is 0.799. The summed E-state index contributed by atoms with van der Waals surface area (Å²) in [6, 6.07) is 8.45. The van der Waals surface area contributed by atoms with E-state index in [2.05, 4.69) is 46.3 Å². The third-order valence-corrected chi connectivity index (χ3v) is 3.72. The Balaban J connectivity index is 1.82. The Morgan fingerprint density at radius 1 is 1.15 bits per heavy atom. The number of imidazole rings is 1. The second kappa shape index (κ2) is 5.09. The molecule has 104 valence electrons. The van der Waals surface area contributed by atoms with Crippen molar-refractivity contribution >= 4 is 5.78 Å². The summed E-state index contributed by atoms with van der Waals surface area (Å²) in [5.41, 5.74) is 10.4. The molecule has 0 saturated heterocycles. The van der Waals surface area contributed by atoms with E-state index in [9.17, 15) is 0 Å². The van der Waals surface area contributed by atoms with Gasteiger partial charge in [-0.05, 0) is 31.4 Å². The highest BCUT2D eigenvalue weighted by atomic mass is 15.3. The lowest BCUT2D eigenvalue weighted by Crippen LogP contribution is -2.04. The van der Waals surface area contributed by atoms with E-state index < -0.39 is 0 Å². The number of nitrogens with one attached hydrogen (secondary N) is 1. The number of aryl methyl sites for hydroxylation is 4. The molecule has 0 atom stereocenters. The molecule has 5 heteroatoms. The molecule has 0 fully saturated rings. The summed E-state index contributed by atoms with van der Waals surface area (Å²) in [6.07, 6.45) is 1.84. The molecule has 2 heterocycles. The molecule has 2 aromatic heterocycles. The molecule has 0 spiro atoms. The number of fused-ring (bicyclic) bond motifs is 1. The Kier molecular flexibility index (Phi) is 3.28. The monoisotopic (exact) mass is 269 g/mol. The largest absolute Gasteiger partial charge is 0.325 e. The van der Waals surface area contributed by atoms with E-state index in [0.717, 1.165) is 30.1 Å². The minimum Gasteiger partial charge on any atom is -0.325 e. The van der Waals surface area contributed by atoms with Crippen molar-refractivity contribution in [1.82, 2.24) is 19.6 Å². The van der Waals surface area contributed by atoms with Crippen LogP contribution in [-0.4, -0.2) is 19.6 Å². The molecular weight excluding hydrogens is 250 g/mol. The smallest absolute Gasteiger partial charge is 0.251 e. The predicted molar refractivity (Wildman–Crippen MR) is 78.6 cm³/mol. The van der Waals surface area contributed by atoms with Gasteiger partial charge in [0.1, 0.15) is 5.82 Å². The Labute approximate surface area is 117 Å². The first kappa shape index (κ1) is 12.9. The summed E-state index contributed by atoms with van der Waals surface area (Å²) in [5.74, 6) is 1.66. The van der Waals surface area contributed by atoms with Crippen molar-refractivity contribution in [2.45, 2.75) is 33.2 Å². The fourth-order valence-corrected chi connectivity index (χ4v) is 2.51. The highest BCUT2D eigenvalue weighted by Crippen LogP contribution is 2.13. The molecule has 0 radical (unpaired) electrons. The van der Waals surface area contributed by atoms with Crippen LogP contribution in [0.2, 0.25) is 0 Å². The lowest BCUT2D eigenvalue weighted by atomic mass is 10.0. The van der Waals surface area contributed by atoms with Crippen LogP contribution in [0.1, 0.15) is 28.3 Å². The molecule has 20 heavy (non-hydrogen) atoms. The zero-order chi connectivity index (χ0) is 14.1. The lowest BCUT2D eigenvalue weighted by Gasteiger charge is -2.03. The van der Waals surface area contributed by atoms with E-state index in [0.29, 0.717) is 12.3 Å². The van der Waals surface area contributed by atoms with Crippen molar-refractivity contribution in [1.29, 1.82) is 0 Å². The fraction of sp³-hybridized carbons (Fsp3) is 0.333. The molecule has 5 nitrogen and oxygen atoms in total. The van der Waals surface area contributed by atoms with Gasteiger partial charge < -0.3 is 5.73 Å².